The average molecular weight is 312 g/mol. The number of amides is 1. The molecule has 0 radical (unpaired) electrons. The lowest BCUT2D eigenvalue weighted by Crippen LogP contribution is -2.26. The number of carbonyl (C=O) groups is 1. The van der Waals surface area contributed by atoms with E-state index in [-0.39, 0.29) is 11.9 Å². The highest BCUT2D eigenvalue weighted by atomic mass is 16.1. The fourth-order valence-corrected chi connectivity index (χ4v) is 2.90. The molecule has 120 valence electrons. The Kier molecular flexibility index (Phi) is 4.45. The number of carbonyl (C=O) groups excluding carboxylic acids is 1. The Morgan fingerprint density at radius 1 is 1.35 bits per heavy atom. The number of anilines is 1. The monoisotopic (exact) mass is 312 g/mol. The van der Waals surface area contributed by atoms with Crippen molar-refractivity contribution in [2.45, 2.75) is 38.6 Å². The van der Waals surface area contributed by atoms with Gasteiger partial charge in [-0.25, -0.2) is 19.9 Å². The molecule has 2 N–H and O–H groups in total. The molecule has 7 heteroatoms. The van der Waals surface area contributed by atoms with E-state index in [2.05, 4.69) is 24.8 Å². The maximum atomic E-state index is 11.0. The quantitative estimate of drug-likeness (QED) is 0.894. The molecule has 0 spiro atoms. The van der Waals surface area contributed by atoms with Crippen LogP contribution in [0.1, 0.15) is 42.5 Å². The van der Waals surface area contributed by atoms with Gasteiger partial charge >= 0.3 is 0 Å². The third kappa shape index (κ3) is 3.61. The number of hydrogen-bond acceptors (Lipinski definition) is 6. The Hall–Kier alpha value is -2.57. The van der Waals surface area contributed by atoms with Crippen molar-refractivity contribution in [3.8, 4) is 0 Å². The number of hydrogen-bond donors (Lipinski definition) is 1. The van der Waals surface area contributed by atoms with Crippen molar-refractivity contribution in [3.05, 3.63) is 41.7 Å². The Morgan fingerprint density at radius 3 is 2.87 bits per heavy atom. The number of nitrogens with two attached hydrogens (primary N) is 1. The van der Waals surface area contributed by atoms with Gasteiger partial charge in [0.15, 0.2) is 5.82 Å². The van der Waals surface area contributed by atoms with Crippen LogP contribution in [0, 0.1) is 6.92 Å². The van der Waals surface area contributed by atoms with Crippen molar-refractivity contribution < 1.29 is 4.79 Å². The van der Waals surface area contributed by atoms with E-state index in [4.69, 9.17) is 5.73 Å². The lowest BCUT2D eigenvalue weighted by molar-refractivity contribution is -0.118. The van der Waals surface area contributed by atoms with Gasteiger partial charge in [0.2, 0.25) is 11.9 Å². The van der Waals surface area contributed by atoms with Crippen LogP contribution in [0.4, 0.5) is 5.95 Å². The molecule has 0 aliphatic carbocycles. The van der Waals surface area contributed by atoms with Gasteiger partial charge in [-0.15, -0.1) is 0 Å². The molecule has 7 nitrogen and oxygen atoms in total. The summed E-state index contributed by atoms with van der Waals surface area (Å²) in [5.74, 6) is 1.16. The van der Waals surface area contributed by atoms with Crippen molar-refractivity contribution in [1.82, 2.24) is 19.9 Å². The second-order valence-corrected chi connectivity index (χ2v) is 5.73. The maximum absolute atomic E-state index is 11.0. The zero-order valence-electron chi connectivity index (χ0n) is 13.1. The van der Waals surface area contributed by atoms with Crippen LogP contribution in [-0.2, 0) is 11.2 Å². The van der Waals surface area contributed by atoms with E-state index in [1.165, 1.54) is 0 Å². The zero-order chi connectivity index (χ0) is 16.2. The fraction of sp³-hybridized carbons (Fsp3) is 0.438. The first-order valence-corrected chi connectivity index (χ1v) is 7.80. The normalized spacial score (nSPS) is 17.4. The van der Waals surface area contributed by atoms with Gasteiger partial charge in [0.25, 0.3) is 0 Å². The van der Waals surface area contributed by atoms with Gasteiger partial charge in [-0.05, 0) is 38.3 Å². The molecule has 3 rings (SSSR count). The van der Waals surface area contributed by atoms with Crippen LogP contribution in [0.5, 0.6) is 0 Å². The molecule has 0 bridgehead atoms. The zero-order valence-corrected chi connectivity index (χ0v) is 13.1. The summed E-state index contributed by atoms with van der Waals surface area (Å²) in [5.41, 5.74) is 6.98. The summed E-state index contributed by atoms with van der Waals surface area (Å²) < 4.78 is 0. The first kappa shape index (κ1) is 15.3. The van der Waals surface area contributed by atoms with E-state index in [1.54, 1.807) is 18.5 Å². The minimum Gasteiger partial charge on any atom is -0.370 e. The molecule has 0 saturated carbocycles. The van der Waals surface area contributed by atoms with Crippen molar-refractivity contribution in [2.24, 2.45) is 5.73 Å². The van der Waals surface area contributed by atoms with E-state index >= 15 is 0 Å². The largest absolute Gasteiger partial charge is 0.370 e. The van der Waals surface area contributed by atoms with Gasteiger partial charge in [-0.3, -0.25) is 4.79 Å². The van der Waals surface area contributed by atoms with E-state index in [1.807, 2.05) is 13.0 Å². The standard InChI is InChI=1S/C16H20N6O/c1-11-10-12(5-6-14(17)23)21-15(20-11)13-4-2-9-22(13)16-18-7-3-8-19-16/h3,7-8,10,13H,2,4-6,9H2,1H3,(H2,17,23)/t13-/m1/s1. The molecule has 23 heavy (non-hydrogen) atoms. The Morgan fingerprint density at radius 2 is 2.13 bits per heavy atom. The number of aromatic nitrogens is 4. The molecule has 2 aromatic heterocycles. The third-order valence-electron chi connectivity index (χ3n) is 3.91. The van der Waals surface area contributed by atoms with Crippen LogP contribution in [0.25, 0.3) is 0 Å². The molecule has 1 saturated heterocycles. The van der Waals surface area contributed by atoms with Crippen LogP contribution in [0.2, 0.25) is 0 Å². The van der Waals surface area contributed by atoms with E-state index in [0.717, 1.165) is 36.6 Å². The van der Waals surface area contributed by atoms with Gasteiger partial charge < -0.3 is 10.6 Å². The van der Waals surface area contributed by atoms with Gasteiger partial charge in [0.1, 0.15) is 0 Å². The molecule has 0 unspecified atom stereocenters. The second-order valence-electron chi connectivity index (χ2n) is 5.73. The predicted molar refractivity (Wildman–Crippen MR) is 85.6 cm³/mol. The lowest BCUT2D eigenvalue weighted by atomic mass is 10.1. The molecule has 1 atom stereocenters. The fourth-order valence-electron chi connectivity index (χ4n) is 2.90. The lowest BCUT2D eigenvalue weighted by Gasteiger charge is -2.23. The van der Waals surface area contributed by atoms with Crippen LogP contribution >= 0.6 is 0 Å². The summed E-state index contributed by atoms with van der Waals surface area (Å²) >= 11 is 0. The van der Waals surface area contributed by atoms with Crippen molar-refractivity contribution in [3.63, 3.8) is 0 Å². The minimum atomic E-state index is -0.317. The first-order valence-electron chi connectivity index (χ1n) is 7.80. The first-order chi connectivity index (χ1) is 11.1. The SMILES string of the molecule is Cc1cc(CCC(N)=O)nc([C@H]2CCCN2c2ncccn2)n1. The molecular weight excluding hydrogens is 292 g/mol. The van der Waals surface area contributed by atoms with Crippen LogP contribution < -0.4 is 10.6 Å². The van der Waals surface area contributed by atoms with Crippen LogP contribution in [0.3, 0.4) is 0 Å². The molecule has 1 fully saturated rings. The maximum Gasteiger partial charge on any atom is 0.225 e. The number of rotatable bonds is 5. The Balaban J connectivity index is 1.86. The van der Waals surface area contributed by atoms with Crippen molar-refractivity contribution in [2.75, 3.05) is 11.4 Å². The molecule has 0 aromatic carbocycles. The summed E-state index contributed by atoms with van der Waals surface area (Å²) in [6.07, 6.45) is 6.35. The smallest absolute Gasteiger partial charge is 0.225 e. The molecular formula is C16H20N6O. The molecule has 2 aromatic rings. The Labute approximate surface area is 135 Å². The van der Waals surface area contributed by atoms with Crippen LogP contribution in [0.15, 0.2) is 24.5 Å². The van der Waals surface area contributed by atoms with Gasteiger partial charge in [-0.1, -0.05) is 0 Å². The number of aryl methyl sites for hydroxylation is 2. The Bertz CT molecular complexity index is 690. The summed E-state index contributed by atoms with van der Waals surface area (Å²) in [4.78, 5) is 31.1. The average Bonchev–Trinajstić information content (AvgIpc) is 3.03. The van der Waals surface area contributed by atoms with Gasteiger partial charge in [-0.2, -0.15) is 0 Å². The highest BCUT2D eigenvalue weighted by Crippen LogP contribution is 2.32. The molecule has 1 aliphatic heterocycles. The molecule has 1 aliphatic rings. The number of primary amides is 1. The van der Waals surface area contributed by atoms with E-state index in [0.29, 0.717) is 18.8 Å². The highest BCUT2D eigenvalue weighted by molar-refractivity contribution is 5.73. The predicted octanol–water partition coefficient (Wildman–Crippen LogP) is 1.33. The summed E-state index contributed by atoms with van der Waals surface area (Å²) in [7, 11) is 0. The summed E-state index contributed by atoms with van der Waals surface area (Å²) in [6.45, 7) is 2.83. The van der Waals surface area contributed by atoms with Crippen molar-refractivity contribution in [1.29, 1.82) is 0 Å². The van der Waals surface area contributed by atoms with Gasteiger partial charge in [0, 0.05) is 36.7 Å². The van der Waals surface area contributed by atoms with Crippen LogP contribution in [-0.4, -0.2) is 32.4 Å². The van der Waals surface area contributed by atoms with Gasteiger partial charge in [0.05, 0.1) is 6.04 Å². The summed E-state index contributed by atoms with van der Waals surface area (Å²) in [6, 6.07) is 3.79. The topological polar surface area (TPSA) is 97.9 Å². The van der Waals surface area contributed by atoms with E-state index in [9.17, 15) is 4.79 Å². The molecule has 1 amide bonds. The minimum absolute atomic E-state index is 0.0737. The number of nitrogens with zero attached hydrogens (tertiary/aromatic N) is 5. The highest BCUT2D eigenvalue weighted by Gasteiger charge is 2.30. The van der Waals surface area contributed by atoms with E-state index < -0.39 is 0 Å². The summed E-state index contributed by atoms with van der Waals surface area (Å²) in [5, 5.41) is 0. The second kappa shape index (κ2) is 6.68. The van der Waals surface area contributed by atoms with Crippen molar-refractivity contribution >= 4 is 11.9 Å². The molecule has 3 heterocycles. The third-order valence-corrected chi connectivity index (χ3v) is 3.91.